The van der Waals surface area contributed by atoms with Crippen LogP contribution in [0, 0.1) is 35.5 Å². The first-order chi connectivity index (χ1) is 31.9. The lowest BCUT2D eigenvalue weighted by atomic mass is 9.78. The molecule has 0 aromatic heterocycles. The summed E-state index contributed by atoms with van der Waals surface area (Å²) < 4.78 is 42.2. The first kappa shape index (κ1) is 57.4. The Morgan fingerprint density at radius 3 is 2.24 bits per heavy atom. The van der Waals surface area contributed by atoms with E-state index in [4.69, 9.17) is 23.5 Å². The second-order valence-electron chi connectivity index (χ2n) is 20.7. The Morgan fingerprint density at radius 1 is 0.868 bits per heavy atom. The Morgan fingerprint density at radius 2 is 1.57 bits per heavy atom. The van der Waals surface area contributed by atoms with Crippen LogP contribution in [0.3, 0.4) is 0 Å². The van der Waals surface area contributed by atoms with Gasteiger partial charge in [0.2, 0.25) is 5.79 Å². The maximum Gasteiger partial charge on any atom is 0.329 e. The van der Waals surface area contributed by atoms with Crippen molar-refractivity contribution in [3.05, 3.63) is 47.6 Å². The molecule has 1 amide bonds. The summed E-state index contributed by atoms with van der Waals surface area (Å²) in [5.74, 6) is -8.39. The molecule has 0 unspecified atom stereocenters. The molecule has 3 N–H and O–H groups in total. The normalized spacial score (nSPS) is 39.4. The minimum atomic E-state index is -2.79. The summed E-state index contributed by atoms with van der Waals surface area (Å²) >= 11 is 0. The van der Waals surface area contributed by atoms with Gasteiger partial charge < -0.3 is 43.7 Å². The number of carbonyl (C=O) groups excluding carboxylic acids is 5. The zero-order valence-corrected chi connectivity index (χ0v) is 43.4. The lowest BCUT2D eigenvalue weighted by molar-refractivity contribution is -0.265. The number of ether oxygens (including phenoxy) is 4. The monoisotopic (exact) mass is 976 g/mol. The number of aliphatic hydroxyl groups excluding tert-OH is 2. The van der Waals surface area contributed by atoms with E-state index in [0.29, 0.717) is 62.5 Å². The SMILES string of the molecule is CO[C@@H]1C[C@H](C[C@@H](C)[C@@H]2CC(=O)[C@H](C)/C=C(\C)[C@@H](O)[C@@H](OC)C(=O)[C@H](C)C[C@H](C)/C=C/C=C/C=C(\C)[C@@H](O)C[C@@H]3CC[C@@H](C)[C@@](O)(O3)C(=O)C(=O)N3CCCC[C@H]3C(=O)O2)CC[C@H]1OP(C)(C)=O. The molecule has 4 rings (SSSR count). The maximum absolute atomic E-state index is 14.4. The van der Waals surface area contributed by atoms with Gasteiger partial charge in [0.05, 0.1) is 24.4 Å². The van der Waals surface area contributed by atoms with Crippen LogP contribution in [0.4, 0.5) is 0 Å². The van der Waals surface area contributed by atoms with Crippen molar-refractivity contribution in [1.82, 2.24) is 4.90 Å². The van der Waals surface area contributed by atoms with Crippen molar-refractivity contribution in [2.24, 2.45) is 35.5 Å². The number of Topliss-reactive ketones (excluding diaryl/α,β-unsaturated/α-hetero) is 3. The highest BCUT2D eigenvalue weighted by molar-refractivity contribution is 7.57. The number of methoxy groups -OCH3 is 2. The molecule has 0 radical (unpaired) electrons. The molecule has 3 aliphatic heterocycles. The van der Waals surface area contributed by atoms with Crippen LogP contribution < -0.4 is 0 Å². The highest BCUT2D eigenvalue weighted by Crippen LogP contribution is 2.44. The smallest absolute Gasteiger partial charge is 0.329 e. The van der Waals surface area contributed by atoms with Gasteiger partial charge in [-0.05, 0) is 107 Å². The Kier molecular flexibility index (Phi) is 21.8. The summed E-state index contributed by atoms with van der Waals surface area (Å²) in [6, 6.07) is -1.18. The average Bonchev–Trinajstić information content (AvgIpc) is 3.28. The number of rotatable bonds is 7. The highest BCUT2D eigenvalue weighted by atomic mass is 31.2. The summed E-state index contributed by atoms with van der Waals surface area (Å²) in [6.07, 6.45) is 9.71. The molecule has 1 aliphatic carbocycles. The van der Waals surface area contributed by atoms with Crippen molar-refractivity contribution in [1.29, 1.82) is 0 Å². The molecule has 0 aromatic rings. The molecule has 2 saturated heterocycles. The minimum Gasteiger partial charge on any atom is -0.460 e. The molecular formula is C52H82NO14P. The van der Waals surface area contributed by atoms with E-state index in [1.165, 1.54) is 7.11 Å². The first-order valence-corrected chi connectivity index (χ1v) is 27.3. The quantitative estimate of drug-likeness (QED) is 0.101. The molecule has 68 heavy (non-hydrogen) atoms. The topological polar surface area (TPSA) is 212 Å². The van der Waals surface area contributed by atoms with Gasteiger partial charge in [0, 0.05) is 64.7 Å². The predicted octanol–water partition coefficient (Wildman–Crippen LogP) is 7.09. The number of cyclic esters (lactones) is 1. The van der Waals surface area contributed by atoms with E-state index < -0.39 is 85.1 Å². The van der Waals surface area contributed by atoms with Gasteiger partial charge in [-0.2, -0.15) is 0 Å². The Hall–Kier alpha value is -3.14. The summed E-state index contributed by atoms with van der Waals surface area (Å²) in [6.45, 7) is 15.6. The maximum atomic E-state index is 14.4. The van der Waals surface area contributed by atoms with Crippen molar-refractivity contribution in [2.75, 3.05) is 34.1 Å². The molecular weight excluding hydrogens is 894 g/mol. The second kappa shape index (κ2) is 25.8. The number of nitrogens with zero attached hydrogens (tertiary/aromatic N) is 1. The number of esters is 1. The molecule has 1 saturated carbocycles. The van der Waals surface area contributed by atoms with E-state index in [2.05, 4.69) is 0 Å². The summed E-state index contributed by atoms with van der Waals surface area (Å²) in [4.78, 5) is 71.9. The number of carbonyl (C=O) groups is 5. The van der Waals surface area contributed by atoms with Crippen molar-refractivity contribution in [3.8, 4) is 0 Å². The summed E-state index contributed by atoms with van der Waals surface area (Å²) in [5, 5.41) is 34.5. The first-order valence-electron chi connectivity index (χ1n) is 24.8. The molecule has 0 spiro atoms. The van der Waals surface area contributed by atoms with Gasteiger partial charge in [-0.1, -0.05) is 71.1 Å². The Bertz CT molecular complexity index is 1920. The standard InChI is InChI=1S/C52H82NO14P/c1-31-17-13-12-14-18-32(2)41(54)29-39-22-20-37(7)52(61,66-39)49(58)50(59)53-24-16-15-19-40(53)51(60)65-44(34(4)27-38-21-23-43(45(28-38)63-8)67-68(10,11)62)30-42(55)33(3)26-36(6)47(57)48(64-9)46(56)35(5)25-31/h12-14,17-18,26,31,33-35,37-41,43-45,47-48,54,57,61H,15-16,19-25,27-30H2,1-11H3/b14-12+,17-13+,32-18+,36-26+/t31-,33-,34-,35-,37-,38+,39+,40+,41+,43-,44+,45-,47-,48+,52-/m1/s1. The second-order valence-corrected chi connectivity index (χ2v) is 23.4. The third-order valence-corrected chi connectivity index (χ3v) is 15.4. The van der Waals surface area contributed by atoms with E-state index in [1.807, 2.05) is 32.1 Å². The van der Waals surface area contributed by atoms with Gasteiger partial charge in [0.25, 0.3) is 11.7 Å². The van der Waals surface area contributed by atoms with Crippen molar-refractivity contribution < 1.29 is 67.3 Å². The summed E-state index contributed by atoms with van der Waals surface area (Å²) in [7, 11) is 0.163. The van der Waals surface area contributed by atoms with Crippen LogP contribution >= 0.6 is 7.37 Å². The lowest BCUT2D eigenvalue weighted by Gasteiger charge is -2.42. The van der Waals surface area contributed by atoms with Gasteiger partial charge in [-0.25, -0.2) is 4.79 Å². The molecule has 0 aromatic carbocycles. The van der Waals surface area contributed by atoms with E-state index in [1.54, 1.807) is 73.3 Å². The minimum absolute atomic E-state index is 0.0125. The van der Waals surface area contributed by atoms with E-state index >= 15 is 0 Å². The van der Waals surface area contributed by atoms with Crippen molar-refractivity contribution >= 4 is 36.6 Å². The predicted molar refractivity (Wildman–Crippen MR) is 259 cm³/mol. The number of piperidine rings is 1. The zero-order valence-electron chi connectivity index (χ0n) is 42.5. The van der Waals surface area contributed by atoms with Crippen LogP contribution in [-0.4, -0.2) is 138 Å². The van der Waals surface area contributed by atoms with Crippen LogP contribution in [0.25, 0.3) is 0 Å². The summed E-state index contributed by atoms with van der Waals surface area (Å²) in [5.41, 5.74) is 0.988. The molecule has 15 atom stereocenters. The Labute approximate surface area is 404 Å². The highest BCUT2D eigenvalue weighted by Gasteiger charge is 2.53. The van der Waals surface area contributed by atoms with E-state index in [0.717, 1.165) is 11.3 Å². The molecule has 3 fully saturated rings. The number of hydrogen-bond acceptors (Lipinski definition) is 14. The van der Waals surface area contributed by atoms with Gasteiger partial charge in [0.15, 0.2) is 13.2 Å². The molecule has 4 aliphatic rings. The van der Waals surface area contributed by atoms with Crippen LogP contribution in [0.1, 0.15) is 126 Å². The number of aliphatic hydroxyl groups is 3. The van der Waals surface area contributed by atoms with Crippen molar-refractivity contribution in [2.45, 2.75) is 180 Å². The van der Waals surface area contributed by atoms with E-state index in [-0.39, 0.29) is 67.3 Å². The number of amides is 1. The largest absolute Gasteiger partial charge is 0.460 e. The molecule has 2 bridgehead atoms. The van der Waals surface area contributed by atoms with E-state index in [9.17, 15) is 43.9 Å². The van der Waals surface area contributed by atoms with Crippen molar-refractivity contribution in [3.63, 3.8) is 0 Å². The molecule has 15 nitrogen and oxygen atoms in total. The molecule has 16 heteroatoms. The third-order valence-electron chi connectivity index (χ3n) is 14.6. The van der Waals surface area contributed by atoms with Gasteiger partial charge in [0.1, 0.15) is 30.1 Å². The van der Waals surface area contributed by atoms with Crippen LogP contribution in [-0.2, 0) is 52.0 Å². The number of ketones is 3. The third kappa shape index (κ3) is 15.7. The fourth-order valence-electron chi connectivity index (χ4n) is 10.3. The van der Waals surface area contributed by atoms with Crippen LogP contribution in [0.5, 0.6) is 0 Å². The van der Waals surface area contributed by atoms with Gasteiger partial charge in [-0.3, -0.25) is 23.7 Å². The van der Waals surface area contributed by atoms with Crippen LogP contribution in [0.2, 0.25) is 0 Å². The number of hydrogen-bond donors (Lipinski definition) is 3. The molecule has 3 heterocycles. The fraction of sp³-hybridized carbons (Fsp3) is 0.750. The van der Waals surface area contributed by atoms with Crippen LogP contribution in [0.15, 0.2) is 47.6 Å². The number of fused-ring (bicyclic) bond motifs is 3. The van der Waals surface area contributed by atoms with Gasteiger partial charge >= 0.3 is 5.97 Å². The average molecular weight is 976 g/mol. The fourth-order valence-corrected chi connectivity index (χ4v) is 11.2. The lowest BCUT2D eigenvalue weighted by Crippen LogP contribution is -2.61. The zero-order chi connectivity index (χ0) is 50.7. The van der Waals surface area contributed by atoms with Gasteiger partial charge in [-0.15, -0.1) is 0 Å². The number of allylic oxidation sites excluding steroid dienone is 6. The Balaban J connectivity index is 1.69. The molecule has 384 valence electrons.